The van der Waals surface area contributed by atoms with E-state index in [9.17, 15) is 4.79 Å². The van der Waals surface area contributed by atoms with E-state index < -0.39 is 5.97 Å². The molecule has 0 unspecified atom stereocenters. The Bertz CT molecular complexity index is 509. The molecule has 0 spiro atoms. The van der Waals surface area contributed by atoms with Crippen LogP contribution in [0.25, 0.3) is 5.65 Å². The van der Waals surface area contributed by atoms with Crippen LogP contribution >= 0.6 is 15.9 Å². The summed E-state index contributed by atoms with van der Waals surface area (Å²) >= 11 is 3.29. The number of aromatic nitrogens is 3. The third-order valence-electron chi connectivity index (χ3n) is 1.84. The third kappa shape index (κ3) is 1.85. The first kappa shape index (κ1) is 10.1. The highest BCUT2D eigenvalue weighted by molar-refractivity contribution is 9.10. The molecule has 0 fully saturated rings. The zero-order valence-corrected chi connectivity index (χ0v) is 9.56. The Morgan fingerprint density at radius 2 is 2.47 bits per heavy atom. The summed E-state index contributed by atoms with van der Waals surface area (Å²) < 4.78 is 7.20. The van der Waals surface area contributed by atoms with Crippen molar-refractivity contribution in [3.8, 4) is 0 Å². The Balaban J connectivity index is 2.57. The van der Waals surface area contributed by atoms with Crippen molar-refractivity contribution in [3.63, 3.8) is 0 Å². The highest BCUT2D eigenvalue weighted by Gasteiger charge is 2.14. The molecule has 0 aliphatic heterocycles. The molecule has 2 aromatic rings. The maximum absolute atomic E-state index is 11.6. The van der Waals surface area contributed by atoms with Crippen LogP contribution in [0.15, 0.2) is 23.1 Å². The molecule has 0 aliphatic carbocycles. The summed E-state index contributed by atoms with van der Waals surface area (Å²) in [4.78, 5) is 15.6. The lowest BCUT2D eigenvalue weighted by Gasteiger charge is -2.03. The Labute approximate surface area is 94.2 Å². The summed E-state index contributed by atoms with van der Waals surface area (Å²) in [5, 5.41) is 3.95. The number of carbonyl (C=O) groups excluding carboxylic acids is 1. The van der Waals surface area contributed by atoms with E-state index in [-0.39, 0.29) is 0 Å². The first-order chi connectivity index (χ1) is 7.22. The van der Waals surface area contributed by atoms with E-state index in [1.807, 2.05) is 0 Å². The van der Waals surface area contributed by atoms with Gasteiger partial charge in [-0.15, -0.1) is 0 Å². The molecule has 78 valence electrons. The number of pyridine rings is 1. The number of esters is 1. The quantitative estimate of drug-likeness (QED) is 0.779. The molecule has 2 heterocycles. The van der Waals surface area contributed by atoms with E-state index >= 15 is 0 Å². The maximum atomic E-state index is 11.6. The van der Waals surface area contributed by atoms with Crippen LogP contribution in [-0.4, -0.2) is 27.2 Å². The van der Waals surface area contributed by atoms with E-state index in [4.69, 9.17) is 4.74 Å². The molecule has 2 rings (SSSR count). The van der Waals surface area contributed by atoms with Crippen LogP contribution in [0.2, 0.25) is 0 Å². The first-order valence-corrected chi connectivity index (χ1v) is 5.17. The van der Waals surface area contributed by atoms with Gasteiger partial charge in [-0.2, -0.15) is 5.10 Å². The summed E-state index contributed by atoms with van der Waals surface area (Å²) in [5.74, 6) is -0.392. The van der Waals surface area contributed by atoms with Crippen molar-refractivity contribution < 1.29 is 9.53 Å². The Morgan fingerprint density at radius 1 is 1.67 bits per heavy atom. The van der Waals surface area contributed by atoms with Crippen molar-refractivity contribution in [1.82, 2.24) is 14.6 Å². The van der Waals surface area contributed by atoms with Crippen molar-refractivity contribution in [2.24, 2.45) is 0 Å². The Hall–Kier alpha value is -1.43. The summed E-state index contributed by atoms with van der Waals surface area (Å²) in [7, 11) is 0. The largest absolute Gasteiger partial charge is 0.462 e. The van der Waals surface area contributed by atoms with Gasteiger partial charge in [0.15, 0.2) is 5.65 Å². The van der Waals surface area contributed by atoms with Gasteiger partial charge in [-0.25, -0.2) is 14.3 Å². The summed E-state index contributed by atoms with van der Waals surface area (Å²) in [6, 6.07) is 1.67. The highest BCUT2D eigenvalue weighted by atomic mass is 79.9. The van der Waals surface area contributed by atoms with Gasteiger partial charge in [0.25, 0.3) is 0 Å². The van der Waals surface area contributed by atoms with Crippen LogP contribution in [-0.2, 0) is 4.74 Å². The van der Waals surface area contributed by atoms with Crippen molar-refractivity contribution in [2.45, 2.75) is 6.92 Å². The van der Waals surface area contributed by atoms with Crippen LogP contribution in [0.5, 0.6) is 0 Å². The smallest absolute Gasteiger partial charge is 0.342 e. The summed E-state index contributed by atoms with van der Waals surface area (Å²) in [5.41, 5.74) is 0.903. The molecule has 0 bridgehead atoms. The van der Waals surface area contributed by atoms with E-state index in [2.05, 4.69) is 26.0 Å². The molecule has 0 atom stereocenters. The van der Waals surface area contributed by atoms with Gasteiger partial charge in [-0.1, -0.05) is 0 Å². The van der Waals surface area contributed by atoms with Gasteiger partial charge in [0.1, 0.15) is 11.9 Å². The first-order valence-electron chi connectivity index (χ1n) is 4.38. The van der Waals surface area contributed by atoms with Crippen LogP contribution in [0.4, 0.5) is 0 Å². The number of fused-ring (bicyclic) bond motifs is 1. The fourth-order valence-electron chi connectivity index (χ4n) is 1.25. The van der Waals surface area contributed by atoms with Crippen molar-refractivity contribution in [2.75, 3.05) is 6.61 Å². The second-order valence-electron chi connectivity index (χ2n) is 2.82. The van der Waals surface area contributed by atoms with E-state index in [1.165, 1.54) is 10.8 Å². The van der Waals surface area contributed by atoms with E-state index in [0.717, 1.165) is 4.47 Å². The molecule has 0 aromatic carbocycles. The molecule has 0 amide bonds. The molecule has 0 saturated carbocycles. The monoisotopic (exact) mass is 269 g/mol. The number of hydrogen-bond acceptors (Lipinski definition) is 4. The van der Waals surface area contributed by atoms with Gasteiger partial charge < -0.3 is 4.74 Å². The normalized spacial score (nSPS) is 10.5. The fourth-order valence-corrected chi connectivity index (χ4v) is 1.68. The lowest BCUT2D eigenvalue weighted by atomic mass is 10.3. The molecule has 6 heteroatoms. The minimum Gasteiger partial charge on any atom is -0.462 e. The second-order valence-corrected chi connectivity index (χ2v) is 3.74. The number of carbonyl (C=O) groups is 1. The number of rotatable bonds is 2. The molecule has 2 aromatic heterocycles. The third-order valence-corrected chi connectivity index (χ3v) is 2.27. The van der Waals surface area contributed by atoms with Gasteiger partial charge in [-0.05, 0) is 28.9 Å². The van der Waals surface area contributed by atoms with E-state index in [1.54, 1.807) is 19.2 Å². The molecule has 0 aliphatic rings. The highest BCUT2D eigenvalue weighted by Crippen LogP contribution is 2.16. The minimum atomic E-state index is -0.392. The summed E-state index contributed by atoms with van der Waals surface area (Å²) in [6.07, 6.45) is 3.12. The topological polar surface area (TPSA) is 56.5 Å². The predicted octanol–water partition coefficient (Wildman–Crippen LogP) is 1.67. The van der Waals surface area contributed by atoms with Gasteiger partial charge >= 0.3 is 5.97 Å². The predicted molar refractivity (Wildman–Crippen MR) is 56.6 cm³/mol. The van der Waals surface area contributed by atoms with Gasteiger partial charge in [0.2, 0.25) is 0 Å². The van der Waals surface area contributed by atoms with E-state index in [0.29, 0.717) is 17.8 Å². The molecule has 15 heavy (non-hydrogen) atoms. The molecular weight excluding hydrogens is 262 g/mol. The summed E-state index contributed by atoms with van der Waals surface area (Å²) in [6.45, 7) is 2.10. The fraction of sp³-hybridized carbons (Fsp3) is 0.222. The van der Waals surface area contributed by atoms with Gasteiger partial charge in [0, 0.05) is 10.7 Å². The molecule has 0 N–H and O–H groups in total. The SMILES string of the molecule is CCOC(=O)c1cc(Br)cn2ncnc12. The number of nitrogens with zero attached hydrogens (tertiary/aromatic N) is 3. The minimum absolute atomic E-state index is 0.339. The van der Waals surface area contributed by atoms with Crippen LogP contribution < -0.4 is 0 Å². The van der Waals surface area contributed by atoms with Gasteiger partial charge in [-0.3, -0.25) is 0 Å². The Kier molecular flexibility index (Phi) is 2.68. The average Bonchev–Trinajstić information content (AvgIpc) is 2.64. The number of ether oxygens (including phenoxy) is 1. The van der Waals surface area contributed by atoms with Crippen LogP contribution in [0.1, 0.15) is 17.3 Å². The maximum Gasteiger partial charge on any atom is 0.342 e. The average molecular weight is 270 g/mol. The zero-order chi connectivity index (χ0) is 10.8. The molecule has 0 radical (unpaired) electrons. The molecule has 5 nitrogen and oxygen atoms in total. The van der Waals surface area contributed by atoms with Crippen molar-refractivity contribution >= 4 is 27.5 Å². The Morgan fingerprint density at radius 3 is 3.20 bits per heavy atom. The lowest BCUT2D eigenvalue weighted by Crippen LogP contribution is -2.07. The number of hydrogen-bond donors (Lipinski definition) is 0. The zero-order valence-electron chi connectivity index (χ0n) is 7.98. The van der Waals surface area contributed by atoms with Crippen molar-refractivity contribution in [3.05, 3.63) is 28.6 Å². The molecule has 0 saturated heterocycles. The van der Waals surface area contributed by atoms with Crippen molar-refractivity contribution in [1.29, 1.82) is 0 Å². The van der Waals surface area contributed by atoms with Crippen LogP contribution in [0.3, 0.4) is 0 Å². The molecular formula is C9H8BrN3O2. The number of halogens is 1. The second kappa shape index (κ2) is 3.98. The van der Waals surface area contributed by atoms with Gasteiger partial charge in [0.05, 0.1) is 6.61 Å². The lowest BCUT2D eigenvalue weighted by molar-refractivity contribution is 0.0528. The standard InChI is InChI=1S/C9H8BrN3O2/c1-2-15-9(14)7-3-6(10)4-13-8(7)11-5-12-13/h3-5H,2H2,1H3. The van der Waals surface area contributed by atoms with Crippen LogP contribution in [0, 0.1) is 0 Å².